The quantitative estimate of drug-likeness (QED) is 0.0169. The fourth-order valence-electron chi connectivity index (χ4n) is 11.1. The zero-order chi connectivity index (χ0) is 81.7. The molecule has 0 saturated carbocycles. The molecule has 17 nitrogen and oxygen atoms in total. The molecule has 0 heterocycles. The highest BCUT2D eigenvalue weighted by molar-refractivity contribution is 7.47. The second-order valence-corrected chi connectivity index (χ2v) is 31.3. The molecule has 3 N–H and O–H groups in total. The van der Waals surface area contributed by atoms with Crippen molar-refractivity contribution in [2.45, 2.75) is 354 Å². The van der Waals surface area contributed by atoms with Gasteiger partial charge in [0.1, 0.15) is 19.3 Å². The van der Waals surface area contributed by atoms with Gasteiger partial charge in [0.25, 0.3) is 0 Å². The zero-order valence-electron chi connectivity index (χ0n) is 70.0. The Morgan fingerprint density at radius 3 is 0.795 bits per heavy atom. The first kappa shape index (κ1) is 106. The number of allylic oxidation sites excluding steroid dienone is 27. The van der Waals surface area contributed by atoms with Crippen molar-refractivity contribution in [1.82, 2.24) is 0 Å². The maximum absolute atomic E-state index is 13.2. The van der Waals surface area contributed by atoms with Crippen LogP contribution >= 0.6 is 15.6 Å². The average molecular weight is 1610 g/mol. The molecule has 0 spiro atoms. The van der Waals surface area contributed by atoms with E-state index in [4.69, 9.17) is 37.0 Å². The van der Waals surface area contributed by atoms with Gasteiger partial charge in [-0.25, -0.2) is 9.13 Å². The number of hydrogen-bond donors (Lipinski definition) is 3. The van der Waals surface area contributed by atoms with Crippen molar-refractivity contribution in [3.8, 4) is 0 Å². The number of aliphatic hydroxyl groups is 1. The molecule has 5 atom stereocenters. The van der Waals surface area contributed by atoms with Gasteiger partial charge in [-0.1, -0.05) is 313 Å². The van der Waals surface area contributed by atoms with E-state index in [-0.39, 0.29) is 25.7 Å². The van der Waals surface area contributed by atoms with Crippen molar-refractivity contribution >= 4 is 39.5 Å². The fraction of sp³-hybridized carbons (Fsp3) is 0.656. The molecule has 0 amide bonds. The number of hydrogen-bond acceptors (Lipinski definition) is 15. The van der Waals surface area contributed by atoms with Crippen LogP contribution in [0.5, 0.6) is 0 Å². The van der Waals surface area contributed by atoms with E-state index in [1.807, 2.05) is 12.2 Å². The van der Waals surface area contributed by atoms with Gasteiger partial charge in [0.15, 0.2) is 12.2 Å². The Labute approximate surface area is 680 Å². The highest BCUT2D eigenvalue weighted by Crippen LogP contribution is 2.45. The second kappa shape index (κ2) is 83.4. The van der Waals surface area contributed by atoms with Crippen molar-refractivity contribution in [3.63, 3.8) is 0 Å². The molecule has 638 valence electrons. The lowest BCUT2D eigenvalue weighted by Gasteiger charge is -2.21. The molecule has 0 bridgehead atoms. The SMILES string of the molecule is CC/C=C\C/C=C\C/C=C\C/C=C\C/C=C\CC(=O)OC(COC(=O)CCCCCCCC/C=C\C/C=C\C/C=C\CCCCC)COP(=O)(O)OCC(O)COP(=O)(O)OCC(COC(=O)CCCCCCCC/C=C\C/C=C\C/C=C\CCCCC)OC(=O)CCCCCCCC/C=C\C/C=C\C/C=C\CCCCC. The molecule has 0 aliphatic rings. The van der Waals surface area contributed by atoms with Gasteiger partial charge in [0.2, 0.25) is 0 Å². The minimum Gasteiger partial charge on any atom is -0.462 e. The summed E-state index contributed by atoms with van der Waals surface area (Å²) in [7, 11) is -10.0. The van der Waals surface area contributed by atoms with E-state index in [0.717, 1.165) is 199 Å². The van der Waals surface area contributed by atoms with Crippen molar-refractivity contribution in [3.05, 3.63) is 170 Å². The number of unbranched alkanes of at least 4 members (excludes halogenated alkanes) is 27. The van der Waals surface area contributed by atoms with Crippen LogP contribution in [0.3, 0.4) is 0 Å². The maximum atomic E-state index is 13.2. The number of rotatable bonds is 80. The fourth-order valence-corrected chi connectivity index (χ4v) is 12.7. The van der Waals surface area contributed by atoms with Crippen LogP contribution in [-0.4, -0.2) is 96.7 Å². The van der Waals surface area contributed by atoms with Crippen molar-refractivity contribution in [2.75, 3.05) is 39.6 Å². The first-order chi connectivity index (χ1) is 54.7. The van der Waals surface area contributed by atoms with E-state index in [0.29, 0.717) is 25.7 Å². The van der Waals surface area contributed by atoms with Gasteiger partial charge in [0.05, 0.1) is 32.8 Å². The molecule has 0 aromatic rings. The number of phosphoric ester groups is 2. The van der Waals surface area contributed by atoms with E-state index < -0.39 is 97.5 Å². The summed E-state index contributed by atoms with van der Waals surface area (Å²) >= 11 is 0. The van der Waals surface area contributed by atoms with E-state index >= 15 is 0 Å². The number of aliphatic hydroxyl groups excluding tert-OH is 1. The number of carbonyl (C=O) groups excluding carboxylic acids is 4. The van der Waals surface area contributed by atoms with Gasteiger partial charge in [-0.2, -0.15) is 0 Å². The minimum absolute atomic E-state index is 0.0693. The highest BCUT2D eigenvalue weighted by atomic mass is 31.2. The van der Waals surface area contributed by atoms with Crippen LogP contribution in [-0.2, 0) is 65.4 Å². The predicted molar refractivity (Wildman–Crippen MR) is 463 cm³/mol. The summed E-state index contributed by atoms with van der Waals surface area (Å²) < 4.78 is 68.7. The van der Waals surface area contributed by atoms with Gasteiger partial charge in [-0.05, 0) is 167 Å². The molecule has 0 radical (unpaired) electrons. The third-order valence-electron chi connectivity index (χ3n) is 17.7. The normalized spacial score (nSPS) is 14.6. The first-order valence-corrected chi connectivity index (χ1v) is 46.4. The average Bonchev–Trinajstić information content (AvgIpc) is 0.907. The Morgan fingerprint density at radius 1 is 0.268 bits per heavy atom. The molecular weight excluding hydrogens is 1450 g/mol. The minimum atomic E-state index is -5.02. The molecule has 0 aliphatic heterocycles. The van der Waals surface area contributed by atoms with Crippen LogP contribution in [0.25, 0.3) is 0 Å². The molecule has 5 unspecified atom stereocenters. The summed E-state index contributed by atoms with van der Waals surface area (Å²) in [6.45, 7) is 4.54. The molecular formula is C93H154O17P2. The zero-order valence-corrected chi connectivity index (χ0v) is 71.8. The first-order valence-electron chi connectivity index (χ1n) is 43.4. The standard InChI is InChI=1S/C93H154O17P2/c1-5-9-13-17-21-25-29-33-37-40-43-46-50-53-57-61-65-69-73-77-90(95)103-83-88(109-92(97)79-75-71-67-63-59-55-49-36-32-28-24-20-16-12-8-4)85-107-111(99,100)105-81-87(94)82-106-112(101,102)108-86-89(110-93(98)80-76-72-68-64-60-56-52-48-45-42-39-35-31-27-23-19-15-11-7-3)84-104-91(96)78-74-70-66-62-58-54-51-47-44-41-38-34-30-26-22-18-14-10-6-2/h12,16,21-28,33-39,43-49,59,63,71,75,87-89,94H,5-11,13-15,17-20,29-32,40-42,50-58,60-62,64-70,72-74,76-86H2,1-4H3,(H,99,100)(H,101,102)/b16-12-,25-21-,26-22-,27-23-,28-24-,37-33-,38-34-,39-35-,46-43-,47-44-,48-45-,49-36-,63-59-,75-71-. The number of carbonyl (C=O) groups is 4. The maximum Gasteiger partial charge on any atom is 0.472 e. The molecule has 0 rings (SSSR count). The summed E-state index contributed by atoms with van der Waals surface area (Å²) in [5, 5.41) is 10.7. The smallest absolute Gasteiger partial charge is 0.462 e. The van der Waals surface area contributed by atoms with E-state index in [1.165, 1.54) is 57.8 Å². The Hall–Kier alpha value is -5.58. The number of ether oxygens (including phenoxy) is 4. The summed E-state index contributed by atoms with van der Waals surface area (Å²) in [6, 6.07) is 0. The predicted octanol–water partition coefficient (Wildman–Crippen LogP) is 26.1. The molecule has 0 aliphatic carbocycles. The third-order valence-corrected chi connectivity index (χ3v) is 19.6. The molecule has 0 aromatic heterocycles. The highest BCUT2D eigenvalue weighted by Gasteiger charge is 2.30. The van der Waals surface area contributed by atoms with E-state index in [2.05, 4.69) is 174 Å². The van der Waals surface area contributed by atoms with Gasteiger partial charge < -0.3 is 33.8 Å². The van der Waals surface area contributed by atoms with Crippen LogP contribution in [0, 0.1) is 0 Å². The molecule has 0 saturated heterocycles. The van der Waals surface area contributed by atoms with Gasteiger partial charge in [-0.15, -0.1) is 0 Å². The van der Waals surface area contributed by atoms with Gasteiger partial charge in [0, 0.05) is 19.3 Å². The molecule has 19 heteroatoms. The second-order valence-electron chi connectivity index (χ2n) is 28.4. The van der Waals surface area contributed by atoms with Gasteiger partial charge >= 0.3 is 39.5 Å². The van der Waals surface area contributed by atoms with Crippen LogP contribution in [0.2, 0.25) is 0 Å². The Balaban J connectivity index is 5.48. The Bertz CT molecular complexity index is 2790. The lowest BCUT2D eigenvalue weighted by Crippen LogP contribution is -2.30. The molecule has 112 heavy (non-hydrogen) atoms. The van der Waals surface area contributed by atoms with E-state index in [1.54, 1.807) is 12.2 Å². The third kappa shape index (κ3) is 82.4. The molecule has 0 fully saturated rings. The summed E-state index contributed by atoms with van der Waals surface area (Å²) in [5.74, 6) is -2.37. The summed E-state index contributed by atoms with van der Waals surface area (Å²) in [6.07, 6.45) is 101. The van der Waals surface area contributed by atoms with Crippen molar-refractivity contribution in [2.24, 2.45) is 0 Å². The summed E-state index contributed by atoms with van der Waals surface area (Å²) in [4.78, 5) is 73.3. The van der Waals surface area contributed by atoms with Crippen molar-refractivity contribution in [1.29, 1.82) is 0 Å². The van der Waals surface area contributed by atoms with E-state index in [9.17, 15) is 43.2 Å². The lowest BCUT2D eigenvalue weighted by molar-refractivity contribution is -0.161. The Morgan fingerprint density at radius 2 is 0.500 bits per heavy atom. The lowest BCUT2D eigenvalue weighted by atomic mass is 10.1. The number of phosphoric acid groups is 2. The van der Waals surface area contributed by atoms with Gasteiger partial charge in [-0.3, -0.25) is 37.3 Å². The van der Waals surface area contributed by atoms with Crippen molar-refractivity contribution < 1.29 is 80.2 Å². The largest absolute Gasteiger partial charge is 0.472 e. The monoisotopic (exact) mass is 1610 g/mol. The Kier molecular flexibility index (Phi) is 79.2. The summed E-state index contributed by atoms with van der Waals surface area (Å²) in [5.41, 5.74) is 0. The van der Waals surface area contributed by atoms with Crippen LogP contribution < -0.4 is 0 Å². The van der Waals surface area contributed by atoms with Crippen LogP contribution in [0.1, 0.15) is 336 Å². The van der Waals surface area contributed by atoms with Crippen LogP contribution in [0.15, 0.2) is 170 Å². The topological polar surface area (TPSA) is 237 Å². The molecule has 0 aromatic carbocycles. The van der Waals surface area contributed by atoms with Crippen LogP contribution in [0.4, 0.5) is 0 Å². The number of esters is 4.